The van der Waals surface area contributed by atoms with Gasteiger partial charge in [-0.05, 0) is 37.5 Å². The number of rotatable bonds is 3. The molecular formula is C18H25N3O2S. The molecule has 2 aromatic heterocycles. The molecule has 0 aliphatic heterocycles. The molecule has 0 saturated carbocycles. The average molecular weight is 347 g/mol. The van der Waals surface area contributed by atoms with Crippen molar-refractivity contribution in [1.29, 1.82) is 0 Å². The summed E-state index contributed by atoms with van der Waals surface area (Å²) in [6.45, 7) is 10.6. The lowest BCUT2D eigenvalue weighted by Crippen LogP contribution is -2.26. The van der Waals surface area contributed by atoms with E-state index in [0.717, 1.165) is 18.5 Å². The Morgan fingerprint density at radius 3 is 2.83 bits per heavy atom. The molecule has 2 heterocycles. The zero-order valence-corrected chi connectivity index (χ0v) is 15.8. The third kappa shape index (κ3) is 3.24. The van der Waals surface area contributed by atoms with E-state index in [1.54, 1.807) is 18.3 Å². The van der Waals surface area contributed by atoms with Gasteiger partial charge in [-0.25, -0.2) is 4.98 Å². The van der Waals surface area contributed by atoms with Crippen molar-refractivity contribution < 1.29 is 9.32 Å². The van der Waals surface area contributed by atoms with E-state index in [1.807, 2.05) is 6.92 Å². The van der Waals surface area contributed by atoms with Crippen LogP contribution in [0.3, 0.4) is 0 Å². The quantitative estimate of drug-likeness (QED) is 0.893. The lowest BCUT2D eigenvalue weighted by atomic mass is 9.73. The maximum absolute atomic E-state index is 12.6. The van der Waals surface area contributed by atoms with Gasteiger partial charge in [-0.1, -0.05) is 32.9 Å². The highest BCUT2D eigenvalue weighted by atomic mass is 32.1. The van der Waals surface area contributed by atoms with Crippen LogP contribution in [0.4, 0.5) is 5.13 Å². The molecule has 2 aromatic rings. The van der Waals surface area contributed by atoms with Crippen LogP contribution in [-0.4, -0.2) is 16.0 Å². The molecular weight excluding hydrogens is 322 g/mol. The third-order valence-electron chi connectivity index (χ3n) is 4.87. The number of thiazole rings is 1. The minimum Gasteiger partial charge on any atom is -0.360 e. The van der Waals surface area contributed by atoms with Crippen LogP contribution in [0.25, 0.3) is 0 Å². The Kier molecular flexibility index (Phi) is 4.51. The molecule has 0 aromatic carbocycles. The van der Waals surface area contributed by atoms with Gasteiger partial charge >= 0.3 is 0 Å². The van der Waals surface area contributed by atoms with E-state index in [2.05, 4.69) is 36.2 Å². The van der Waals surface area contributed by atoms with Crippen molar-refractivity contribution in [3.63, 3.8) is 0 Å². The second-order valence-electron chi connectivity index (χ2n) is 7.57. The van der Waals surface area contributed by atoms with Gasteiger partial charge in [0.05, 0.1) is 11.4 Å². The van der Waals surface area contributed by atoms with E-state index < -0.39 is 0 Å². The number of hydrogen-bond acceptors (Lipinski definition) is 5. The molecule has 5 nitrogen and oxygen atoms in total. The molecule has 1 amide bonds. The largest absolute Gasteiger partial charge is 0.360 e. The Morgan fingerprint density at radius 2 is 2.17 bits per heavy atom. The summed E-state index contributed by atoms with van der Waals surface area (Å²) in [5.74, 6) is 1.11. The Morgan fingerprint density at radius 1 is 1.42 bits per heavy atom. The SMILES string of the molecule is CCc1onc(C)c1C(=O)Nc1nc2c(s1)C[C@H](C(C)(C)C)CC2. The van der Waals surface area contributed by atoms with Crippen molar-refractivity contribution in [3.8, 4) is 0 Å². The van der Waals surface area contributed by atoms with Crippen LogP contribution in [0.15, 0.2) is 4.52 Å². The third-order valence-corrected chi connectivity index (χ3v) is 5.90. The van der Waals surface area contributed by atoms with Crippen molar-refractivity contribution in [3.05, 3.63) is 27.6 Å². The van der Waals surface area contributed by atoms with E-state index in [-0.39, 0.29) is 5.91 Å². The molecule has 0 saturated heterocycles. The number of anilines is 1. The zero-order valence-electron chi connectivity index (χ0n) is 15.0. The maximum atomic E-state index is 12.6. The van der Waals surface area contributed by atoms with Crippen LogP contribution in [0.5, 0.6) is 0 Å². The number of aromatic nitrogens is 2. The maximum Gasteiger partial charge on any atom is 0.262 e. The molecule has 130 valence electrons. The van der Waals surface area contributed by atoms with Gasteiger partial charge in [-0.2, -0.15) is 0 Å². The lowest BCUT2D eigenvalue weighted by molar-refractivity contribution is 0.102. The normalized spacial score (nSPS) is 17.6. The highest BCUT2D eigenvalue weighted by molar-refractivity contribution is 7.15. The van der Waals surface area contributed by atoms with Crippen molar-refractivity contribution in [2.24, 2.45) is 11.3 Å². The monoisotopic (exact) mass is 347 g/mol. The number of carbonyl (C=O) groups is 1. The Labute approximate surface area is 146 Å². The number of carbonyl (C=O) groups excluding carboxylic acids is 1. The Bertz CT molecular complexity index is 755. The number of fused-ring (bicyclic) bond motifs is 1. The lowest BCUT2D eigenvalue weighted by Gasteiger charge is -2.33. The first-order valence-corrected chi connectivity index (χ1v) is 9.36. The van der Waals surface area contributed by atoms with Gasteiger partial charge in [0.15, 0.2) is 5.13 Å². The smallest absolute Gasteiger partial charge is 0.262 e. The Balaban J connectivity index is 1.77. The Hall–Kier alpha value is -1.69. The number of nitrogens with one attached hydrogen (secondary N) is 1. The molecule has 1 aliphatic rings. The second-order valence-corrected chi connectivity index (χ2v) is 8.65. The summed E-state index contributed by atoms with van der Waals surface area (Å²) in [4.78, 5) is 18.5. The van der Waals surface area contributed by atoms with E-state index in [0.29, 0.717) is 39.9 Å². The van der Waals surface area contributed by atoms with Gasteiger partial charge in [0, 0.05) is 11.3 Å². The molecule has 1 aliphatic carbocycles. The topological polar surface area (TPSA) is 68.0 Å². The number of aryl methyl sites for hydroxylation is 3. The van der Waals surface area contributed by atoms with Crippen LogP contribution in [0, 0.1) is 18.3 Å². The predicted octanol–water partition coefficient (Wildman–Crippen LogP) is 4.41. The molecule has 1 N–H and O–H groups in total. The summed E-state index contributed by atoms with van der Waals surface area (Å²) in [5, 5.41) is 7.52. The molecule has 3 rings (SSSR count). The first-order chi connectivity index (χ1) is 11.3. The standard InChI is InChI=1S/C18H25N3O2S/c1-6-13-15(10(2)21-23-13)16(22)20-17-19-12-8-7-11(18(3,4)5)9-14(12)24-17/h11H,6-9H2,1-5H3,(H,19,20,22)/t11-/m1/s1. The van der Waals surface area contributed by atoms with Crippen molar-refractivity contribution >= 4 is 22.4 Å². The van der Waals surface area contributed by atoms with E-state index in [9.17, 15) is 4.79 Å². The first kappa shape index (κ1) is 17.1. The van der Waals surface area contributed by atoms with E-state index in [4.69, 9.17) is 4.52 Å². The summed E-state index contributed by atoms with van der Waals surface area (Å²) in [5.41, 5.74) is 2.62. The summed E-state index contributed by atoms with van der Waals surface area (Å²) < 4.78 is 5.21. The van der Waals surface area contributed by atoms with Gasteiger partial charge in [-0.3, -0.25) is 10.1 Å². The van der Waals surface area contributed by atoms with Crippen molar-refractivity contribution in [2.45, 2.75) is 60.3 Å². The van der Waals surface area contributed by atoms with Crippen LogP contribution >= 0.6 is 11.3 Å². The molecule has 0 radical (unpaired) electrons. The molecule has 1 atom stereocenters. The molecule has 24 heavy (non-hydrogen) atoms. The van der Waals surface area contributed by atoms with E-state index >= 15 is 0 Å². The fourth-order valence-corrected chi connectivity index (χ4v) is 4.36. The van der Waals surface area contributed by atoms with Crippen LogP contribution < -0.4 is 5.32 Å². The minimum atomic E-state index is -0.177. The average Bonchev–Trinajstić information content (AvgIpc) is 3.07. The fraction of sp³-hybridized carbons (Fsp3) is 0.611. The zero-order chi connectivity index (χ0) is 17.5. The van der Waals surface area contributed by atoms with Gasteiger partial charge in [-0.15, -0.1) is 11.3 Å². The molecule has 6 heteroatoms. The van der Waals surface area contributed by atoms with E-state index in [1.165, 1.54) is 11.3 Å². The second kappa shape index (κ2) is 6.31. The van der Waals surface area contributed by atoms with Crippen LogP contribution in [0.1, 0.15) is 66.5 Å². The number of hydrogen-bond donors (Lipinski definition) is 1. The molecule has 0 spiro atoms. The molecule has 0 fully saturated rings. The van der Waals surface area contributed by atoms with Gasteiger partial charge < -0.3 is 4.52 Å². The highest BCUT2D eigenvalue weighted by Crippen LogP contribution is 2.40. The van der Waals surface area contributed by atoms with Gasteiger partial charge in [0.2, 0.25) is 0 Å². The minimum absolute atomic E-state index is 0.177. The van der Waals surface area contributed by atoms with Crippen LogP contribution in [-0.2, 0) is 19.3 Å². The van der Waals surface area contributed by atoms with Gasteiger partial charge in [0.1, 0.15) is 11.3 Å². The summed E-state index contributed by atoms with van der Waals surface area (Å²) in [6.07, 6.45) is 3.86. The molecule has 0 bridgehead atoms. The van der Waals surface area contributed by atoms with Crippen LogP contribution in [0.2, 0.25) is 0 Å². The number of amides is 1. The van der Waals surface area contributed by atoms with Crippen molar-refractivity contribution in [2.75, 3.05) is 5.32 Å². The summed E-state index contributed by atoms with van der Waals surface area (Å²) in [6, 6.07) is 0. The predicted molar refractivity (Wildman–Crippen MR) is 95.7 cm³/mol. The fourth-order valence-electron chi connectivity index (χ4n) is 3.28. The molecule has 0 unspecified atom stereocenters. The first-order valence-electron chi connectivity index (χ1n) is 8.54. The van der Waals surface area contributed by atoms with Crippen molar-refractivity contribution in [1.82, 2.24) is 10.1 Å². The summed E-state index contributed by atoms with van der Waals surface area (Å²) in [7, 11) is 0. The number of nitrogens with zero attached hydrogens (tertiary/aromatic N) is 2. The highest BCUT2D eigenvalue weighted by Gasteiger charge is 2.31. The van der Waals surface area contributed by atoms with Gasteiger partial charge in [0.25, 0.3) is 5.91 Å². The summed E-state index contributed by atoms with van der Waals surface area (Å²) >= 11 is 1.61.